The van der Waals surface area contributed by atoms with Gasteiger partial charge in [-0.2, -0.15) is 0 Å². The van der Waals surface area contributed by atoms with Crippen LogP contribution in [-0.2, 0) is 4.74 Å². The highest BCUT2D eigenvalue weighted by atomic mass is 32.1. The van der Waals surface area contributed by atoms with Crippen molar-refractivity contribution in [3.8, 4) is 0 Å². The molecule has 5 heteroatoms. The molecule has 0 bridgehead atoms. The van der Waals surface area contributed by atoms with Gasteiger partial charge in [-0.3, -0.25) is 10.2 Å². The number of rotatable bonds is 3. The van der Waals surface area contributed by atoms with Gasteiger partial charge >= 0.3 is 6.09 Å². The Bertz CT molecular complexity index is 796. The number of nitrogens with zero attached hydrogens (tertiary/aromatic N) is 1. The molecule has 1 saturated carbocycles. The average molecular weight is 373 g/mol. The zero-order chi connectivity index (χ0) is 18.3. The van der Waals surface area contributed by atoms with Crippen LogP contribution in [0, 0.1) is 0 Å². The molecule has 2 aliphatic rings. The van der Waals surface area contributed by atoms with E-state index in [1.807, 2.05) is 6.07 Å². The van der Waals surface area contributed by atoms with Gasteiger partial charge in [0.15, 0.2) is 0 Å². The molecule has 140 valence electrons. The van der Waals surface area contributed by atoms with Gasteiger partial charge < -0.3 is 4.74 Å². The number of carbonyl (C=O) groups excluding carboxylic acids is 1. The molecular formula is C21H28N2O2S. The molecule has 4 rings (SSSR count). The number of likely N-dealkylation sites (tertiary alicyclic amines) is 1. The second kappa shape index (κ2) is 6.86. The number of hydrogen-bond acceptors (Lipinski definition) is 4. The molecule has 2 aromatic rings. The van der Waals surface area contributed by atoms with Crippen LogP contribution in [0.4, 0.5) is 10.5 Å². The summed E-state index contributed by atoms with van der Waals surface area (Å²) in [5.74, 6) is 0.607. The smallest absolute Gasteiger partial charge is 0.411 e. The maximum Gasteiger partial charge on any atom is 0.411 e. The van der Waals surface area contributed by atoms with Crippen LogP contribution in [0.1, 0.15) is 57.9 Å². The average Bonchev–Trinajstić information content (AvgIpc) is 3.30. The molecule has 1 aromatic carbocycles. The Morgan fingerprint density at radius 3 is 2.58 bits per heavy atom. The topological polar surface area (TPSA) is 41.6 Å². The van der Waals surface area contributed by atoms with Crippen LogP contribution in [0.15, 0.2) is 23.6 Å². The minimum absolute atomic E-state index is 0.128. The molecule has 1 saturated heterocycles. The van der Waals surface area contributed by atoms with Crippen LogP contribution in [0.5, 0.6) is 0 Å². The first-order valence-electron chi connectivity index (χ1n) is 9.64. The van der Waals surface area contributed by atoms with Crippen molar-refractivity contribution in [1.82, 2.24) is 4.90 Å². The number of fused-ring (bicyclic) bond motifs is 1. The Hall–Kier alpha value is -1.59. The van der Waals surface area contributed by atoms with Crippen LogP contribution < -0.4 is 5.32 Å². The summed E-state index contributed by atoms with van der Waals surface area (Å²) in [6.45, 7) is 9.19. The minimum Gasteiger partial charge on any atom is -0.446 e. The van der Waals surface area contributed by atoms with Crippen molar-refractivity contribution in [3.63, 3.8) is 0 Å². The van der Waals surface area contributed by atoms with Gasteiger partial charge in [0.25, 0.3) is 0 Å². The number of ether oxygens (including phenoxy) is 1. The molecule has 1 aliphatic carbocycles. The van der Waals surface area contributed by atoms with E-state index in [2.05, 4.69) is 48.5 Å². The maximum absolute atomic E-state index is 11.9. The predicted molar refractivity (Wildman–Crippen MR) is 108 cm³/mol. The highest BCUT2D eigenvalue weighted by molar-refractivity contribution is 7.17. The Morgan fingerprint density at radius 1 is 1.19 bits per heavy atom. The molecule has 1 amide bonds. The van der Waals surface area contributed by atoms with E-state index in [9.17, 15) is 4.79 Å². The molecule has 1 aromatic heterocycles. The van der Waals surface area contributed by atoms with Gasteiger partial charge in [-0.25, -0.2) is 4.79 Å². The third kappa shape index (κ3) is 3.89. The fraction of sp³-hybridized carbons (Fsp3) is 0.571. The SMILES string of the molecule is CC(C)(C)N1CCC(c2csc3ccc(NC(=O)OC4CC4)cc23)CC1. The Labute approximate surface area is 159 Å². The number of nitrogens with one attached hydrogen (secondary N) is 1. The molecule has 2 fully saturated rings. The lowest BCUT2D eigenvalue weighted by Crippen LogP contribution is -2.45. The van der Waals surface area contributed by atoms with Crippen LogP contribution in [0.25, 0.3) is 10.1 Å². The molecule has 4 nitrogen and oxygen atoms in total. The van der Waals surface area contributed by atoms with E-state index in [1.165, 1.54) is 28.5 Å². The molecular weight excluding hydrogens is 344 g/mol. The molecule has 1 aliphatic heterocycles. The fourth-order valence-electron chi connectivity index (χ4n) is 3.79. The van der Waals surface area contributed by atoms with Crippen LogP contribution in [0.2, 0.25) is 0 Å². The first kappa shape index (κ1) is 17.8. The van der Waals surface area contributed by atoms with E-state index in [1.54, 1.807) is 11.3 Å². The van der Waals surface area contributed by atoms with Gasteiger partial charge in [-0.15, -0.1) is 11.3 Å². The number of hydrogen-bond donors (Lipinski definition) is 1. The third-order valence-corrected chi connectivity index (χ3v) is 6.51. The maximum atomic E-state index is 11.9. The van der Waals surface area contributed by atoms with Crippen molar-refractivity contribution in [2.45, 2.75) is 64.0 Å². The van der Waals surface area contributed by atoms with Gasteiger partial charge in [0.1, 0.15) is 6.10 Å². The number of amides is 1. The Balaban J connectivity index is 1.49. The monoisotopic (exact) mass is 372 g/mol. The highest BCUT2D eigenvalue weighted by Gasteiger charge is 2.29. The minimum atomic E-state index is -0.331. The van der Waals surface area contributed by atoms with E-state index in [0.29, 0.717) is 5.92 Å². The normalized spacial score (nSPS) is 19.7. The molecule has 1 N–H and O–H groups in total. The number of carbonyl (C=O) groups is 1. The largest absolute Gasteiger partial charge is 0.446 e. The third-order valence-electron chi connectivity index (χ3n) is 5.53. The summed E-state index contributed by atoms with van der Waals surface area (Å²) in [4.78, 5) is 14.5. The summed E-state index contributed by atoms with van der Waals surface area (Å²) >= 11 is 1.80. The molecule has 0 spiro atoms. The van der Waals surface area contributed by atoms with E-state index < -0.39 is 0 Å². The van der Waals surface area contributed by atoms with Gasteiger partial charge in [0.05, 0.1) is 0 Å². The Kier molecular flexibility index (Phi) is 4.70. The number of thiophene rings is 1. The Morgan fingerprint density at radius 2 is 1.92 bits per heavy atom. The molecule has 2 heterocycles. The summed E-state index contributed by atoms with van der Waals surface area (Å²) in [5.41, 5.74) is 2.52. The van der Waals surface area contributed by atoms with Crippen molar-refractivity contribution < 1.29 is 9.53 Å². The zero-order valence-corrected chi connectivity index (χ0v) is 16.7. The van der Waals surface area contributed by atoms with Crippen molar-refractivity contribution in [2.24, 2.45) is 0 Å². The molecule has 0 atom stereocenters. The van der Waals surface area contributed by atoms with Gasteiger partial charge in [0.2, 0.25) is 0 Å². The summed E-state index contributed by atoms with van der Waals surface area (Å²) < 4.78 is 6.59. The summed E-state index contributed by atoms with van der Waals surface area (Å²) in [6.07, 6.45) is 4.18. The fourth-order valence-corrected chi connectivity index (χ4v) is 4.81. The quantitative estimate of drug-likeness (QED) is 0.763. The van der Waals surface area contributed by atoms with Crippen LogP contribution in [0.3, 0.4) is 0 Å². The lowest BCUT2D eigenvalue weighted by atomic mass is 9.87. The molecule has 0 unspecified atom stereocenters. The van der Waals surface area contributed by atoms with Crippen molar-refractivity contribution >= 4 is 33.2 Å². The summed E-state index contributed by atoms with van der Waals surface area (Å²) in [7, 11) is 0. The van der Waals surface area contributed by atoms with Crippen LogP contribution >= 0.6 is 11.3 Å². The number of piperidine rings is 1. The molecule has 26 heavy (non-hydrogen) atoms. The van der Waals surface area contributed by atoms with Gasteiger partial charge in [-0.05, 0) is 100.0 Å². The zero-order valence-electron chi connectivity index (χ0n) is 15.9. The second-order valence-corrected chi connectivity index (χ2v) is 9.48. The van der Waals surface area contributed by atoms with Gasteiger partial charge in [-0.1, -0.05) is 0 Å². The van der Waals surface area contributed by atoms with Crippen molar-refractivity contribution in [2.75, 3.05) is 18.4 Å². The molecule has 0 radical (unpaired) electrons. The number of anilines is 1. The van der Waals surface area contributed by atoms with Crippen molar-refractivity contribution in [1.29, 1.82) is 0 Å². The predicted octanol–water partition coefficient (Wildman–Crippen LogP) is 5.59. The first-order valence-corrected chi connectivity index (χ1v) is 10.5. The lowest BCUT2D eigenvalue weighted by molar-refractivity contribution is 0.102. The van der Waals surface area contributed by atoms with E-state index in [4.69, 9.17) is 4.74 Å². The van der Waals surface area contributed by atoms with Crippen molar-refractivity contribution in [3.05, 3.63) is 29.1 Å². The number of benzene rings is 1. The van der Waals surface area contributed by atoms with Crippen LogP contribution in [-0.4, -0.2) is 35.7 Å². The van der Waals surface area contributed by atoms with E-state index in [0.717, 1.165) is 31.6 Å². The summed E-state index contributed by atoms with van der Waals surface area (Å²) in [6, 6.07) is 6.20. The highest BCUT2D eigenvalue weighted by Crippen LogP contribution is 2.39. The summed E-state index contributed by atoms with van der Waals surface area (Å²) in [5, 5.41) is 6.49. The lowest BCUT2D eigenvalue weighted by Gasteiger charge is -2.41. The van der Waals surface area contributed by atoms with E-state index >= 15 is 0 Å². The van der Waals surface area contributed by atoms with E-state index in [-0.39, 0.29) is 17.7 Å². The first-order chi connectivity index (χ1) is 12.4. The standard InChI is InChI=1S/C21H28N2O2S/c1-21(2,3)23-10-8-14(9-11-23)18-13-26-19-7-4-15(12-17(18)19)22-20(24)25-16-5-6-16/h4,7,12-14,16H,5-6,8-11H2,1-3H3,(H,22,24). The second-order valence-electron chi connectivity index (χ2n) is 8.56. The van der Waals surface area contributed by atoms with Gasteiger partial charge in [0, 0.05) is 15.9 Å².